The van der Waals surface area contributed by atoms with Crippen LogP contribution in [0, 0.1) is 0 Å². The maximum Gasteiger partial charge on any atom is -0.00139 e. The lowest BCUT2D eigenvalue weighted by Crippen LogP contribution is -1.96. The molecule has 14 rings (SSSR count). The second kappa shape index (κ2) is 17.2. The van der Waals surface area contributed by atoms with Crippen LogP contribution in [0.4, 0.5) is 0 Å². The van der Waals surface area contributed by atoms with Crippen LogP contribution in [-0.2, 0) is 0 Å². The molecule has 0 bridgehead atoms. The van der Waals surface area contributed by atoms with Crippen LogP contribution < -0.4 is 0 Å². The van der Waals surface area contributed by atoms with Gasteiger partial charge in [-0.2, -0.15) is 0 Å². The van der Waals surface area contributed by atoms with Crippen molar-refractivity contribution in [3.8, 4) is 77.9 Å². The molecule has 0 atom stereocenters. The molecule has 0 heteroatoms. The minimum Gasteiger partial charge on any atom is -0.0622 e. The van der Waals surface area contributed by atoms with Gasteiger partial charge in [-0.1, -0.05) is 267 Å². The third-order valence-electron chi connectivity index (χ3n) is 15.1. The first-order chi connectivity index (χ1) is 35.8. The first-order valence-electron chi connectivity index (χ1n) is 25.0. The van der Waals surface area contributed by atoms with E-state index in [1.165, 1.54) is 143 Å². The van der Waals surface area contributed by atoms with Crippen molar-refractivity contribution in [1.29, 1.82) is 0 Å². The summed E-state index contributed by atoms with van der Waals surface area (Å²) in [6.07, 6.45) is 0. The van der Waals surface area contributed by atoms with Crippen LogP contribution in [0.1, 0.15) is 0 Å². The Bertz CT molecular complexity index is 4020. The predicted octanol–water partition coefficient (Wildman–Crippen LogP) is 20.3. The molecule has 0 heterocycles. The smallest absolute Gasteiger partial charge is 0.00139 e. The molecular weight excluding hydrogens is 865 g/mol. The lowest BCUT2D eigenvalue weighted by molar-refractivity contribution is 1.59. The van der Waals surface area contributed by atoms with E-state index in [-0.39, 0.29) is 0 Å². The summed E-state index contributed by atoms with van der Waals surface area (Å²) >= 11 is 0. The Morgan fingerprint density at radius 2 is 0.417 bits per heavy atom. The third kappa shape index (κ3) is 6.76. The average Bonchev–Trinajstić information content (AvgIpc) is 3.46. The van der Waals surface area contributed by atoms with Crippen LogP contribution in [0.5, 0.6) is 0 Å². The van der Waals surface area contributed by atoms with Crippen LogP contribution in [0.3, 0.4) is 0 Å². The van der Waals surface area contributed by atoms with Crippen molar-refractivity contribution >= 4 is 64.6 Å². The van der Waals surface area contributed by atoms with Gasteiger partial charge in [0, 0.05) is 0 Å². The van der Waals surface area contributed by atoms with Crippen molar-refractivity contribution in [2.24, 2.45) is 0 Å². The molecule has 0 unspecified atom stereocenters. The highest BCUT2D eigenvalue weighted by Gasteiger charge is 2.25. The molecule has 0 N–H and O–H groups in total. The molecule has 0 radical (unpaired) electrons. The van der Waals surface area contributed by atoms with Gasteiger partial charge in [-0.3, -0.25) is 0 Å². The van der Waals surface area contributed by atoms with Crippen LogP contribution in [0.2, 0.25) is 0 Å². The van der Waals surface area contributed by atoms with Gasteiger partial charge in [0.2, 0.25) is 0 Å². The fourth-order valence-electron chi connectivity index (χ4n) is 11.9. The molecular formula is C72H46. The van der Waals surface area contributed by atoms with Gasteiger partial charge < -0.3 is 0 Å². The summed E-state index contributed by atoms with van der Waals surface area (Å²) < 4.78 is 0. The molecule has 0 fully saturated rings. The fraction of sp³-hybridized carbons (Fsp3) is 0. The summed E-state index contributed by atoms with van der Waals surface area (Å²) in [6.45, 7) is 0. The second-order valence-electron chi connectivity index (χ2n) is 19.0. The molecule has 0 amide bonds. The Labute approximate surface area is 419 Å². The molecule has 0 aliphatic heterocycles. The molecule has 14 aromatic rings. The Hall–Kier alpha value is -9.36. The number of rotatable bonds is 7. The summed E-state index contributed by atoms with van der Waals surface area (Å²) in [7, 11) is 0. The molecule has 0 saturated carbocycles. The van der Waals surface area contributed by atoms with Gasteiger partial charge in [0.15, 0.2) is 0 Å². The summed E-state index contributed by atoms with van der Waals surface area (Å²) in [5.41, 5.74) is 17.1. The average molecular weight is 911 g/mol. The third-order valence-corrected chi connectivity index (χ3v) is 15.1. The number of benzene rings is 14. The standard InChI is InChI=1S/C72H46/c1-3-21-47(22-4-1)57-43-41-51(55-39-19-27-49-25-7-9-29-53(49)55)45-67(57)69-59-31-11-15-35-63(59)71(64-36-16-12-32-60(64)69)72-65-37-17-13-33-61(65)70(62-34-14-18-38-66(62)72)68-46-52(42-44-58(68)48-23-5-2-6-24-48)56-40-20-28-50-26-8-10-30-54(50)56/h1-46H. The highest BCUT2D eigenvalue weighted by Crippen LogP contribution is 2.53. The second-order valence-corrected chi connectivity index (χ2v) is 19.0. The number of hydrogen-bond acceptors (Lipinski definition) is 0. The Kier molecular flexibility index (Phi) is 9.96. The summed E-state index contributed by atoms with van der Waals surface area (Å²) in [6, 6.07) is 103. The first-order valence-corrected chi connectivity index (χ1v) is 25.0. The number of hydrogen-bond donors (Lipinski definition) is 0. The van der Waals surface area contributed by atoms with E-state index in [2.05, 4.69) is 279 Å². The molecule has 334 valence electrons. The van der Waals surface area contributed by atoms with E-state index in [1.807, 2.05) is 0 Å². The van der Waals surface area contributed by atoms with E-state index in [0.717, 1.165) is 0 Å². The van der Waals surface area contributed by atoms with Gasteiger partial charge in [0.25, 0.3) is 0 Å². The summed E-state index contributed by atoms with van der Waals surface area (Å²) in [4.78, 5) is 0. The molecule has 0 aliphatic carbocycles. The quantitative estimate of drug-likeness (QED) is 0.140. The van der Waals surface area contributed by atoms with Gasteiger partial charge in [-0.25, -0.2) is 0 Å². The monoisotopic (exact) mass is 910 g/mol. The van der Waals surface area contributed by atoms with E-state index in [9.17, 15) is 0 Å². The van der Waals surface area contributed by atoms with Gasteiger partial charge in [0.05, 0.1) is 0 Å². The normalized spacial score (nSPS) is 11.6. The van der Waals surface area contributed by atoms with Crippen LogP contribution in [0.15, 0.2) is 279 Å². The predicted molar refractivity (Wildman–Crippen MR) is 310 cm³/mol. The highest BCUT2D eigenvalue weighted by atomic mass is 14.3. The molecule has 0 aliphatic rings. The Morgan fingerprint density at radius 3 is 0.764 bits per heavy atom. The van der Waals surface area contributed by atoms with Crippen molar-refractivity contribution in [2.45, 2.75) is 0 Å². The van der Waals surface area contributed by atoms with E-state index in [4.69, 9.17) is 0 Å². The van der Waals surface area contributed by atoms with Crippen molar-refractivity contribution < 1.29 is 0 Å². The van der Waals surface area contributed by atoms with Gasteiger partial charge in [-0.15, -0.1) is 0 Å². The van der Waals surface area contributed by atoms with E-state index in [1.54, 1.807) is 0 Å². The molecule has 14 aromatic carbocycles. The van der Waals surface area contributed by atoms with Crippen LogP contribution >= 0.6 is 0 Å². The van der Waals surface area contributed by atoms with Crippen molar-refractivity contribution in [3.63, 3.8) is 0 Å². The van der Waals surface area contributed by atoms with Gasteiger partial charge in [0.1, 0.15) is 0 Å². The maximum atomic E-state index is 2.45. The van der Waals surface area contributed by atoms with Crippen molar-refractivity contribution in [1.82, 2.24) is 0 Å². The zero-order chi connectivity index (χ0) is 47.5. The summed E-state index contributed by atoms with van der Waals surface area (Å²) in [5.74, 6) is 0. The highest BCUT2D eigenvalue weighted by molar-refractivity contribution is 6.31. The zero-order valence-corrected chi connectivity index (χ0v) is 39.6. The first kappa shape index (κ1) is 41.6. The van der Waals surface area contributed by atoms with Crippen LogP contribution in [-0.4, -0.2) is 0 Å². The van der Waals surface area contributed by atoms with E-state index < -0.39 is 0 Å². The molecule has 0 aromatic heterocycles. The maximum absolute atomic E-state index is 2.45. The summed E-state index contributed by atoms with van der Waals surface area (Å²) in [5, 5.41) is 14.8. The van der Waals surface area contributed by atoms with E-state index >= 15 is 0 Å². The van der Waals surface area contributed by atoms with Crippen LogP contribution in [0.25, 0.3) is 143 Å². The SMILES string of the molecule is c1ccc(-c2ccc(-c3cccc4ccccc34)cc2-c2c3ccccc3c(-c3c4ccccc4c(-c4cc(-c5cccc6ccccc56)ccc4-c4ccccc4)c4ccccc34)c3ccccc23)cc1. The largest absolute Gasteiger partial charge is 0.0622 e. The van der Waals surface area contributed by atoms with Gasteiger partial charge >= 0.3 is 0 Å². The minimum atomic E-state index is 1.20. The molecule has 72 heavy (non-hydrogen) atoms. The molecule has 0 saturated heterocycles. The number of fused-ring (bicyclic) bond motifs is 6. The Morgan fingerprint density at radius 1 is 0.139 bits per heavy atom. The Balaban J connectivity index is 1.08. The van der Waals surface area contributed by atoms with Crippen molar-refractivity contribution in [2.75, 3.05) is 0 Å². The fourth-order valence-corrected chi connectivity index (χ4v) is 11.9. The lowest BCUT2D eigenvalue weighted by Gasteiger charge is -2.24. The topological polar surface area (TPSA) is 0 Å². The lowest BCUT2D eigenvalue weighted by atomic mass is 9.79. The molecule has 0 spiro atoms. The van der Waals surface area contributed by atoms with Gasteiger partial charge in [-0.05, 0) is 155 Å². The zero-order valence-electron chi connectivity index (χ0n) is 39.6. The van der Waals surface area contributed by atoms with Crippen molar-refractivity contribution in [3.05, 3.63) is 279 Å². The minimum absolute atomic E-state index is 1.20. The molecule has 0 nitrogen and oxygen atoms in total. The van der Waals surface area contributed by atoms with E-state index in [0.29, 0.717) is 0 Å².